The summed E-state index contributed by atoms with van der Waals surface area (Å²) in [6, 6.07) is 6.25. The molecule has 0 radical (unpaired) electrons. The van der Waals surface area contributed by atoms with Gasteiger partial charge in [-0.2, -0.15) is 23.4 Å². The highest BCUT2D eigenvalue weighted by Crippen LogP contribution is 2.27. The van der Waals surface area contributed by atoms with E-state index in [0.717, 1.165) is 0 Å². The Labute approximate surface area is 161 Å². The summed E-state index contributed by atoms with van der Waals surface area (Å²) in [5, 5.41) is 17.2. The highest BCUT2D eigenvalue weighted by molar-refractivity contribution is 7.93. The van der Waals surface area contributed by atoms with E-state index < -0.39 is 45.1 Å². The quantitative estimate of drug-likeness (QED) is 0.700. The van der Waals surface area contributed by atoms with E-state index in [1.54, 1.807) is 12.1 Å². The van der Waals surface area contributed by atoms with Crippen LogP contribution in [-0.2, 0) is 14.6 Å². The fourth-order valence-electron chi connectivity index (χ4n) is 2.60. The Hall–Kier alpha value is -2.23. The first-order chi connectivity index (χ1) is 12.8. The number of phenols is 1. The third-order valence-corrected chi connectivity index (χ3v) is 7.18. The molecule has 0 spiro atoms. The molecule has 154 valence electrons. The van der Waals surface area contributed by atoms with Crippen molar-refractivity contribution in [3.63, 3.8) is 0 Å². The molecule has 0 atom stereocenters. The minimum atomic E-state index is -4.44. The van der Waals surface area contributed by atoms with Crippen molar-refractivity contribution in [1.29, 1.82) is 0 Å². The normalized spacial score (nSPS) is 15.3. The molecule has 0 fully saturated rings. The van der Waals surface area contributed by atoms with Crippen LogP contribution in [0.25, 0.3) is 0 Å². The van der Waals surface area contributed by atoms with Gasteiger partial charge in [0.2, 0.25) is 0 Å². The number of alkyl halides is 3. The first-order valence-electron chi connectivity index (χ1n) is 8.56. The number of halogens is 3. The molecule has 10 heteroatoms. The van der Waals surface area contributed by atoms with Crippen molar-refractivity contribution in [2.45, 2.75) is 50.5 Å². The van der Waals surface area contributed by atoms with Crippen LogP contribution in [0.4, 0.5) is 13.2 Å². The van der Waals surface area contributed by atoms with Crippen LogP contribution in [0.1, 0.15) is 45.1 Å². The first-order valence-corrected chi connectivity index (χ1v) is 10.2. The maximum Gasteiger partial charge on any atom is 0.389 e. The predicted octanol–water partition coefficient (Wildman–Crippen LogP) is 3.44. The van der Waals surface area contributed by atoms with E-state index >= 15 is 0 Å². The summed E-state index contributed by atoms with van der Waals surface area (Å²) in [6.45, 7) is 2.41. The lowest BCUT2D eigenvalue weighted by Gasteiger charge is -2.23. The van der Waals surface area contributed by atoms with Gasteiger partial charge in [0.05, 0.1) is 17.2 Å². The van der Waals surface area contributed by atoms with Gasteiger partial charge in [-0.25, -0.2) is 8.42 Å². The number of benzene rings is 1. The van der Waals surface area contributed by atoms with E-state index in [4.69, 9.17) is 0 Å². The van der Waals surface area contributed by atoms with Gasteiger partial charge in [-0.3, -0.25) is 4.79 Å². The fraction of sp³-hybridized carbons (Fsp3) is 0.500. The Morgan fingerprint density at radius 1 is 1.14 bits per heavy atom. The number of phenolic OH excluding ortho intramolecular Hbond substituents is 1. The number of hydrogen-bond donors (Lipinski definition) is 1. The number of aromatic hydroxyl groups is 1. The minimum absolute atomic E-state index is 0.0937. The molecule has 28 heavy (non-hydrogen) atoms. The van der Waals surface area contributed by atoms with E-state index in [1.165, 1.54) is 26.0 Å². The highest BCUT2D eigenvalue weighted by Gasteiger charge is 2.42. The van der Waals surface area contributed by atoms with Crippen LogP contribution in [0.5, 0.6) is 5.75 Å². The first kappa shape index (κ1) is 22.1. The molecule has 1 aliphatic rings. The molecule has 0 unspecified atom stereocenters. The van der Waals surface area contributed by atoms with Crippen LogP contribution in [0.2, 0.25) is 0 Å². The van der Waals surface area contributed by atoms with Gasteiger partial charge in [-0.1, -0.05) is 0 Å². The zero-order valence-corrected chi connectivity index (χ0v) is 16.3. The van der Waals surface area contributed by atoms with E-state index in [-0.39, 0.29) is 18.6 Å². The monoisotopic (exact) mass is 418 g/mol. The third kappa shape index (κ3) is 5.40. The van der Waals surface area contributed by atoms with Crippen molar-refractivity contribution in [1.82, 2.24) is 0 Å². The van der Waals surface area contributed by atoms with Gasteiger partial charge < -0.3 is 5.11 Å². The van der Waals surface area contributed by atoms with Crippen molar-refractivity contribution in [3.05, 3.63) is 29.8 Å². The van der Waals surface area contributed by atoms with Gasteiger partial charge in [-0.05, 0) is 50.1 Å². The molecule has 1 aromatic carbocycles. The molecule has 0 saturated carbocycles. The molecular formula is C18H21F3N2O4S. The number of hydrogen-bond acceptors (Lipinski definition) is 6. The fourth-order valence-corrected chi connectivity index (χ4v) is 4.05. The van der Waals surface area contributed by atoms with Crippen LogP contribution >= 0.6 is 0 Å². The van der Waals surface area contributed by atoms with Gasteiger partial charge >= 0.3 is 6.18 Å². The lowest BCUT2D eigenvalue weighted by atomic mass is 9.98. The lowest BCUT2D eigenvalue weighted by molar-refractivity contribution is -0.134. The summed E-state index contributed by atoms with van der Waals surface area (Å²) < 4.78 is 59.7. The lowest BCUT2D eigenvalue weighted by Crippen LogP contribution is -2.43. The van der Waals surface area contributed by atoms with Crippen LogP contribution in [0.15, 0.2) is 34.5 Å². The average Bonchev–Trinajstić information content (AvgIpc) is 3.02. The van der Waals surface area contributed by atoms with E-state index in [0.29, 0.717) is 17.0 Å². The van der Waals surface area contributed by atoms with Crippen molar-refractivity contribution in [3.8, 4) is 5.75 Å². The number of Topliss-reactive ketones (excluding diaryl/α,β-unsaturated/α-hetero) is 1. The Balaban J connectivity index is 1.97. The van der Waals surface area contributed by atoms with Gasteiger partial charge in [0, 0.05) is 19.3 Å². The molecular weight excluding hydrogens is 397 g/mol. The van der Waals surface area contributed by atoms with Crippen molar-refractivity contribution in [2.75, 3.05) is 5.75 Å². The predicted molar refractivity (Wildman–Crippen MR) is 99.5 cm³/mol. The number of sulfone groups is 1. The Kier molecular flexibility index (Phi) is 6.32. The maximum atomic E-state index is 12.5. The largest absolute Gasteiger partial charge is 0.508 e. The smallest absolute Gasteiger partial charge is 0.389 e. The van der Waals surface area contributed by atoms with Crippen LogP contribution < -0.4 is 0 Å². The van der Waals surface area contributed by atoms with Gasteiger partial charge in [0.25, 0.3) is 0 Å². The number of nitrogens with zero attached hydrogens (tertiary/aromatic N) is 2. The summed E-state index contributed by atoms with van der Waals surface area (Å²) >= 11 is 0. The molecule has 0 aromatic heterocycles. The zero-order valence-electron chi connectivity index (χ0n) is 15.5. The van der Waals surface area contributed by atoms with Crippen molar-refractivity contribution < 1.29 is 31.5 Å². The van der Waals surface area contributed by atoms with Crippen LogP contribution in [-0.4, -0.2) is 47.4 Å². The zero-order chi connectivity index (χ0) is 21.2. The molecule has 1 heterocycles. The molecule has 0 bridgehead atoms. The molecule has 1 N–H and O–H groups in total. The van der Waals surface area contributed by atoms with Crippen LogP contribution in [0.3, 0.4) is 0 Å². The second-order valence-corrected chi connectivity index (χ2v) is 9.74. The maximum absolute atomic E-state index is 12.5. The summed E-state index contributed by atoms with van der Waals surface area (Å²) in [6.07, 6.45) is -6.24. The second kappa shape index (κ2) is 8.02. The van der Waals surface area contributed by atoms with E-state index in [9.17, 15) is 31.5 Å². The van der Waals surface area contributed by atoms with E-state index in [1.807, 2.05) is 0 Å². The molecule has 0 aliphatic carbocycles. The van der Waals surface area contributed by atoms with Gasteiger partial charge in [-0.15, -0.1) is 0 Å². The molecule has 6 nitrogen and oxygen atoms in total. The standard InChI is InChI=1S/C18H21F3N2O4S/c1-17(2,28(26,27)9-3-8-18(19,20)21)16(25)11-13-10-15(23-22-13)12-4-6-14(24)7-5-12/h4-7,24H,3,8-11H2,1-2H3. The van der Waals surface area contributed by atoms with Gasteiger partial charge in [0.1, 0.15) is 10.5 Å². The number of carbonyl (C=O) groups is 1. The van der Waals surface area contributed by atoms with Crippen molar-refractivity contribution in [2.24, 2.45) is 10.2 Å². The minimum Gasteiger partial charge on any atom is -0.508 e. The molecule has 0 saturated heterocycles. The second-order valence-electron chi connectivity index (χ2n) is 7.08. The molecule has 1 aromatic rings. The molecule has 0 amide bonds. The summed E-state index contributed by atoms with van der Waals surface area (Å²) in [7, 11) is -4.06. The Bertz CT molecular complexity index is 902. The van der Waals surface area contributed by atoms with Gasteiger partial charge in [0.15, 0.2) is 15.6 Å². The summed E-state index contributed by atoms with van der Waals surface area (Å²) in [5.74, 6) is -1.26. The SMILES string of the molecule is CC(C)(C(=O)CC1=NN=C(c2ccc(O)cc2)C1)S(=O)(=O)CCCC(F)(F)F. The molecule has 1 aliphatic heterocycles. The highest BCUT2D eigenvalue weighted by atomic mass is 32.2. The Morgan fingerprint density at radius 3 is 2.32 bits per heavy atom. The number of carbonyl (C=O) groups excluding carboxylic acids is 1. The number of rotatable bonds is 8. The molecule has 2 rings (SSSR count). The average molecular weight is 418 g/mol. The van der Waals surface area contributed by atoms with Crippen LogP contribution in [0, 0.1) is 0 Å². The summed E-state index contributed by atoms with van der Waals surface area (Å²) in [5.41, 5.74) is 1.67. The number of ketones is 1. The topological polar surface area (TPSA) is 96.2 Å². The Morgan fingerprint density at radius 2 is 1.75 bits per heavy atom. The van der Waals surface area contributed by atoms with Crippen molar-refractivity contribution >= 4 is 27.0 Å². The summed E-state index contributed by atoms with van der Waals surface area (Å²) in [4.78, 5) is 12.5. The van der Waals surface area contributed by atoms with E-state index in [2.05, 4.69) is 10.2 Å². The third-order valence-electron chi connectivity index (χ3n) is 4.57.